The SMILES string of the molecule is CC(=O)N[C@H]1CC[C@H](CCN2CCN(c3cc(-c4ccco4)cc(N4CCOCC4)n3)CC2)CC1. The third-order valence-electron chi connectivity index (χ3n) is 7.74. The molecule has 0 atom stereocenters. The minimum Gasteiger partial charge on any atom is -0.464 e. The molecule has 2 aromatic heterocycles. The van der Waals surface area contributed by atoms with Crippen molar-refractivity contribution in [1.82, 2.24) is 15.2 Å². The Kier molecular flexibility index (Phi) is 7.88. The summed E-state index contributed by atoms with van der Waals surface area (Å²) in [6.07, 6.45) is 7.72. The molecule has 3 fully saturated rings. The standard InChI is InChI=1S/C27H39N5O3/c1-21(33)28-24-6-4-22(5-7-24)8-9-30-10-12-31(13-11-30)26-19-23(25-3-2-16-35-25)20-27(29-26)32-14-17-34-18-15-32/h2-3,16,19-20,22,24H,4-15,17-18H2,1H3,(H,28,33)/t22-,24-. The highest BCUT2D eigenvalue weighted by molar-refractivity contribution is 5.73. The maximum atomic E-state index is 11.3. The van der Waals surface area contributed by atoms with Crippen LogP contribution >= 0.6 is 0 Å². The van der Waals surface area contributed by atoms with Gasteiger partial charge in [-0.1, -0.05) is 0 Å². The van der Waals surface area contributed by atoms with Gasteiger partial charge in [0.2, 0.25) is 5.91 Å². The largest absolute Gasteiger partial charge is 0.464 e. The fourth-order valence-corrected chi connectivity index (χ4v) is 5.65. The quantitative estimate of drug-likeness (QED) is 0.650. The van der Waals surface area contributed by atoms with Crippen molar-refractivity contribution < 1.29 is 13.9 Å². The normalized spacial score (nSPS) is 23.9. The lowest BCUT2D eigenvalue weighted by molar-refractivity contribution is -0.119. The van der Waals surface area contributed by atoms with Crippen LogP contribution in [0.1, 0.15) is 39.0 Å². The van der Waals surface area contributed by atoms with Gasteiger partial charge in [-0.2, -0.15) is 0 Å². The van der Waals surface area contributed by atoms with Gasteiger partial charge in [-0.15, -0.1) is 0 Å². The molecule has 4 heterocycles. The van der Waals surface area contributed by atoms with Gasteiger partial charge in [0, 0.05) is 57.8 Å². The molecule has 1 aliphatic carbocycles. The number of hydrogen-bond acceptors (Lipinski definition) is 7. The Bertz CT molecular complexity index is 944. The second kappa shape index (κ2) is 11.4. The highest BCUT2D eigenvalue weighted by Gasteiger charge is 2.24. The summed E-state index contributed by atoms with van der Waals surface area (Å²) in [6.45, 7) is 10.1. The third kappa shape index (κ3) is 6.35. The molecule has 2 saturated heterocycles. The van der Waals surface area contributed by atoms with Crippen molar-refractivity contribution in [2.75, 3.05) is 68.8 Å². The van der Waals surface area contributed by atoms with Crippen molar-refractivity contribution in [1.29, 1.82) is 0 Å². The molecule has 1 saturated carbocycles. The first kappa shape index (κ1) is 24.1. The predicted molar refractivity (Wildman–Crippen MR) is 138 cm³/mol. The fraction of sp³-hybridized carbons (Fsp3) is 0.630. The Morgan fingerprint density at radius 1 is 1.00 bits per heavy atom. The maximum Gasteiger partial charge on any atom is 0.217 e. The zero-order chi connectivity index (χ0) is 24.0. The number of ether oxygens (including phenoxy) is 1. The van der Waals surface area contributed by atoms with Crippen LogP contribution in [-0.2, 0) is 9.53 Å². The second-order valence-electron chi connectivity index (χ2n) is 10.2. The van der Waals surface area contributed by atoms with E-state index in [2.05, 4.69) is 32.1 Å². The molecule has 8 heteroatoms. The van der Waals surface area contributed by atoms with E-state index in [9.17, 15) is 4.79 Å². The molecule has 2 aromatic rings. The second-order valence-corrected chi connectivity index (χ2v) is 10.2. The summed E-state index contributed by atoms with van der Waals surface area (Å²) in [7, 11) is 0. The summed E-state index contributed by atoms with van der Waals surface area (Å²) in [5, 5.41) is 3.09. The van der Waals surface area contributed by atoms with E-state index in [4.69, 9.17) is 14.1 Å². The van der Waals surface area contributed by atoms with Gasteiger partial charge >= 0.3 is 0 Å². The zero-order valence-corrected chi connectivity index (χ0v) is 21.0. The first-order valence-corrected chi connectivity index (χ1v) is 13.3. The zero-order valence-electron chi connectivity index (χ0n) is 21.0. The number of hydrogen-bond donors (Lipinski definition) is 1. The molecule has 0 aromatic carbocycles. The van der Waals surface area contributed by atoms with E-state index >= 15 is 0 Å². The number of morpholine rings is 1. The number of nitrogens with one attached hydrogen (secondary N) is 1. The van der Waals surface area contributed by atoms with Crippen LogP contribution in [0.15, 0.2) is 34.9 Å². The number of carbonyl (C=O) groups is 1. The number of carbonyl (C=O) groups excluding carboxylic acids is 1. The predicted octanol–water partition coefficient (Wildman–Crippen LogP) is 3.39. The van der Waals surface area contributed by atoms with Crippen LogP contribution in [0.5, 0.6) is 0 Å². The van der Waals surface area contributed by atoms with Crippen LogP contribution in [-0.4, -0.2) is 80.9 Å². The van der Waals surface area contributed by atoms with Gasteiger partial charge < -0.3 is 24.3 Å². The molecule has 0 unspecified atom stereocenters. The Labute approximate surface area is 208 Å². The maximum absolute atomic E-state index is 11.3. The van der Waals surface area contributed by atoms with Crippen molar-refractivity contribution in [2.24, 2.45) is 5.92 Å². The monoisotopic (exact) mass is 481 g/mol. The van der Waals surface area contributed by atoms with E-state index < -0.39 is 0 Å². The van der Waals surface area contributed by atoms with E-state index in [0.717, 1.165) is 94.2 Å². The summed E-state index contributed by atoms with van der Waals surface area (Å²) < 4.78 is 11.3. The molecule has 2 aliphatic heterocycles. The molecule has 35 heavy (non-hydrogen) atoms. The van der Waals surface area contributed by atoms with Crippen LogP contribution in [0.25, 0.3) is 11.3 Å². The van der Waals surface area contributed by atoms with Gasteiger partial charge in [0.1, 0.15) is 17.4 Å². The van der Waals surface area contributed by atoms with Crippen molar-refractivity contribution in [3.63, 3.8) is 0 Å². The summed E-state index contributed by atoms with van der Waals surface area (Å²) >= 11 is 0. The lowest BCUT2D eigenvalue weighted by Crippen LogP contribution is -2.47. The van der Waals surface area contributed by atoms with Gasteiger partial charge in [0.05, 0.1) is 19.5 Å². The number of amides is 1. The highest BCUT2D eigenvalue weighted by atomic mass is 16.5. The van der Waals surface area contributed by atoms with Crippen LogP contribution in [0.3, 0.4) is 0 Å². The summed E-state index contributed by atoms with van der Waals surface area (Å²) in [6, 6.07) is 8.66. The van der Waals surface area contributed by atoms with E-state index in [1.54, 1.807) is 13.2 Å². The fourth-order valence-electron chi connectivity index (χ4n) is 5.65. The number of furan rings is 1. The van der Waals surface area contributed by atoms with Gasteiger partial charge in [-0.3, -0.25) is 9.69 Å². The van der Waals surface area contributed by atoms with Crippen molar-refractivity contribution in [3.05, 3.63) is 30.5 Å². The molecule has 0 radical (unpaired) electrons. The molecular weight excluding hydrogens is 442 g/mol. The minimum atomic E-state index is 0.104. The van der Waals surface area contributed by atoms with Crippen LogP contribution in [0, 0.1) is 5.92 Å². The lowest BCUT2D eigenvalue weighted by atomic mass is 9.84. The van der Waals surface area contributed by atoms with Gasteiger partial charge in [0.25, 0.3) is 0 Å². The van der Waals surface area contributed by atoms with Crippen LogP contribution < -0.4 is 15.1 Å². The molecule has 5 rings (SSSR count). The average Bonchev–Trinajstić information content (AvgIpc) is 3.44. The van der Waals surface area contributed by atoms with E-state index in [1.165, 1.54) is 25.8 Å². The van der Waals surface area contributed by atoms with Crippen molar-refractivity contribution in [2.45, 2.75) is 45.1 Å². The number of aromatic nitrogens is 1. The average molecular weight is 482 g/mol. The number of piperazine rings is 1. The molecule has 0 spiro atoms. The van der Waals surface area contributed by atoms with E-state index in [-0.39, 0.29) is 5.91 Å². The van der Waals surface area contributed by atoms with Crippen molar-refractivity contribution in [3.8, 4) is 11.3 Å². The third-order valence-corrected chi connectivity index (χ3v) is 7.74. The minimum absolute atomic E-state index is 0.104. The highest BCUT2D eigenvalue weighted by Crippen LogP contribution is 2.30. The Morgan fingerprint density at radius 3 is 2.31 bits per heavy atom. The smallest absolute Gasteiger partial charge is 0.217 e. The molecule has 190 valence electrons. The molecule has 1 amide bonds. The van der Waals surface area contributed by atoms with E-state index in [1.807, 2.05) is 12.1 Å². The number of rotatable bonds is 7. The molecule has 0 bridgehead atoms. The Morgan fingerprint density at radius 2 is 1.69 bits per heavy atom. The van der Waals surface area contributed by atoms with Gasteiger partial charge in [-0.05, 0) is 68.8 Å². The number of nitrogens with zero attached hydrogens (tertiary/aromatic N) is 4. The first-order valence-electron chi connectivity index (χ1n) is 13.3. The summed E-state index contributed by atoms with van der Waals surface area (Å²) in [4.78, 5) is 23.7. The molecule has 1 N–H and O–H groups in total. The first-order chi connectivity index (χ1) is 17.1. The molecule has 8 nitrogen and oxygen atoms in total. The van der Waals surface area contributed by atoms with E-state index in [0.29, 0.717) is 6.04 Å². The van der Waals surface area contributed by atoms with Crippen molar-refractivity contribution >= 4 is 17.5 Å². The topological polar surface area (TPSA) is 74.1 Å². The van der Waals surface area contributed by atoms with Gasteiger partial charge in [0.15, 0.2) is 0 Å². The molecule has 3 aliphatic rings. The van der Waals surface area contributed by atoms with Crippen LogP contribution in [0.2, 0.25) is 0 Å². The number of anilines is 2. The van der Waals surface area contributed by atoms with Gasteiger partial charge in [-0.25, -0.2) is 4.98 Å². The molecular formula is C27H39N5O3. The Hall–Kier alpha value is -2.58. The number of pyridine rings is 1. The summed E-state index contributed by atoms with van der Waals surface area (Å²) in [5.41, 5.74) is 1.08. The van der Waals surface area contributed by atoms with Crippen LogP contribution in [0.4, 0.5) is 11.6 Å². The summed E-state index contributed by atoms with van der Waals surface area (Å²) in [5.74, 6) is 3.83. The Balaban J connectivity index is 1.16. The lowest BCUT2D eigenvalue weighted by Gasteiger charge is -2.37.